The molecule has 0 saturated carbocycles. The van der Waals surface area contributed by atoms with Crippen molar-refractivity contribution in [2.24, 2.45) is 0 Å². The third-order valence-electron chi connectivity index (χ3n) is 2.98. The van der Waals surface area contributed by atoms with Gasteiger partial charge in [0.15, 0.2) is 0 Å². The van der Waals surface area contributed by atoms with Crippen LogP contribution in [-0.4, -0.2) is 6.10 Å². The third kappa shape index (κ3) is 4.17. The van der Waals surface area contributed by atoms with Crippen LogP contribution in [0.3, 0.4) is 0 Å². The minimum Gasteiger partial charge on any atom is -0.495 e. The van der Waals surface area contributed by atoms with Crippen molar-refractivity contribution in [1.82, 2.24) is 0 Å². The van der Waals surface area contributed by atoms with E-state index in [0.717, 1.165) is 6.42 Å². The average Bonchev–Trinajstić information content (AvgIpc) is 2.65. The van der Waals surface area contributed by atoms with Gasteiger partial charge in [0.05, 0.1) is 11.9 Å². The van der Waals surface area contributed by atoms with Crippen LogP contribution in [0.2, 0.25) is 0 Å². The van der Waals surface area contributed by atoms with Gasteiger partial charge < -0.3 is 4.74 Å². The fourth-order valence-electron chi connectivity index (χ4n) is 2.03. The van der Waals surface area contributed by atoms with Crippen molar-refractivity contribution in [2.45, 2.75) is 71.3 Å². The fraction of sp³-hybridized carbons (Fsp3) is 0.846. The van der Waals surface area contributed by atoms with Crippen molar-refractivity contribution >= 4 is 0 Å². The summed E-state index contributed by atoms with van der Waals surface area (Å²) in [7, 11) is 0. The molecule has 1 heteroatoms. The van der Waals surface area contributed by atoms with Crippen molar-refractivity contribution in [2.75, 3.05) is 0 Å². The summed E-state index contributed by atoms with van der Waals surface area (Å²) in [6.07, 6.45) is 13.2. The van der Waals surface area contributed by atoms with E-state index in [-0.39, 0.29) is 0 Å². The fourth-order valence-corrected chi connectivity index (χ4v) is 2.03. The molecule has 0 radical (unpaired) electrons. The first kappa shape index (κ1) is 11.6. The van der Waals surface area contributed by atoms with Crippen LogP contribution >= 0.6 is 0 Å². The van der Waals surface area contributed by atoms with Gasteiger partial charge in [-0.05, 0) is 32.3 Å². The van der Waals surface area contributed by atoms with Crippen LogP contribution in [-0.2, 0) is 4.74 Å². The molecule has 0 bridgehead atoms. The minimum absolute atomic E-state index is 0.530. The van der Waals surface area contributed by atoms with Crippen molar-refractivity contribution in [3.63, 3.8) is 0 Å². The zero-order chi connectivity index (χ0) is 10.2. The first-order valence-corrected chi connectivity index (χ1v) is 6.18. The Bertz CT molecular complexity index is 172. The lowest BCUT2D eigenvalue weighted by atomic mass is 10.1. The maximum Gasteiger partial charge on any atom is 0.0986 e. The first-order chi connectivity index (χ1) is 6.86. The normalized spacial score (nSPS) is 24.1. The van der Waals surface area contributed by atoms with Gasteiger partial charge in [-0.15, -0.1) is 0 Å². The molecule has 0 spiro atoms. The molecule has 0 aromatic carbocycles. The van der Waals surface area contributed by atoms with E-state index in [9.17, 15) is 0 Å². The molecule has 1 aliphatic heterocycles. The van der Waals surface area contributed by atoms with Crippen molar-refractivity contribution in [3.8, 4) is 0 Å². The summed E-state index contributed by atoms with van der Waals surface area (Å²) in [6, 6.07) is 0. The number of unbranched alkanes of at least 4 members (excludes halogenated alkanes) is 4. The van der Waals surface area contributed by atoms with Crippen LogP contribution in [0, 0.1) is 0 Å². The van der Waals surface area contributed by atoms with E-state index in [4.69, 9.17) is 4.74 Å². The number of hydrogen-bond acceptors (Lipinski definition) is 1. The van der Waals surface area contributed by atoms with Gasteiger partial charge >= 0.3 is 0 Å². The van der Waals surface area contributed by atoms with E-state index in [2.05, 4.69) is 19.9 Å². The average molecular weight is 196 g/mol. The van der Waals surface area contributed by atoms with E-state index in [1.807, 2.05) is 0 Å². The molecule has 0 aliphatic carbocycles. The highest BCUT2D eigenvalue weighted by atomic mass is 16.5. The summed E-state index contributed by atoms with van der Waals surface area (Å²) >= 11 is 0. The van der Waals surface area contributed by atoms with Gasteiger partial charge in [0.25, 0.3) is 0 Å². The first-order valence-electron chi connectivity index (χ1n) is 6.18. The Morgan fingerprint density at radius 3 is 2.71 bits per heavy atom. The predicted octanol–water partition coefficient (Wildman–Crippen LogP) is 4.43. The highest BCUT2D eigenvalue weighted by Crippen LogP contribution is 2.26. The summed E-state index contributed by atoms with van der Waals surface area (Å²) < 4.78 is 5.78. The molecule has 1 aliphatic rings. The molecule has 1 nitrogen and oxygen atoms in total. The van der Waals surface area contributed by atoms with Crippen LogP contribution in [0.5, 0.6) is 0 Å². The van der Waals surface area contributed by atoms with Crippen molar-refractivity contribution < 1.29 is 4.74 Å². The SMILES string of the molecule is C/C=C1/CCC(CCCCCCC)O1. The van der Waals surface area contributed by atoms with Gasteiger partial charge in [-0.25, -0.2) is 0 Å². The van der Waals surface area contributed by atoms with Crippen molar-refractivity contribution in [3.05, 3.63) is 11.8 Å². The maximum atomic E-state index is 5.78. The van der Waals surface area contributed by atoms with Crippen LogP contribution in [0.4, 0.5) is 0 Å². The Morgan fingerprint density at radius 1 is 1.29 bits per heavy atom. The van der Waals surface area contributed by atoms with Gasteiger partial charge in [0.2, 0.25) is 0 Å². The molecular weight excluding hydrogens is 172 g/mol. The molecular formula is C13H24O. The van der Waals surface area contributed by atoms with Crippen molar-refractivity contribution in [1.29, 1.82) is 0 Å². The molecule has 82 valence electrons. The molecule has 0 N–H and O–H groups in total. The second-order valence-corrected chi connectivity index (χ2v) is 4.24. The maximum absolute atomic E-state index is 5.78. The van der Waals surface area contributed by atoms with E-state index >= 15 is 0 Å². The second kappa shape index (κ2) is 6.92. The van der Waals surface area contributed by atoms with Gasteiger partial charge in [0, 0.05) is 6.42 Å². The monoisotopic (exact) mass is 196 g/mol. The number of rotatable bonds is 6. The molecule has 1 saturated heterocycles. The van der Waals surface area contributed by atoms with E-state index < -0.39 is 0 Å². The Hall–Kier alpha value is -0.460. The molecule has 1 fully saturated rings. The van der Waals surface area contributed by atoms with Gasteiger partial charge in [0.1, 0.15) is 0 Å². The molecule has 1 heterocycles. The van der Waals surface area contributed by atoms with Crippen LogP contribution in [0.25, 0.3) is 0 Å². The summed E-state index contributed by atoms with van der Waals surface area (Å²) in [6.45, 7) is 4.33. The number of hydrogen-bond donors (Lipinski definition) is 0. The second-order valence-electron chi connectivity index (χ2n) is 4.24. The number of ether oxygens (including phenoxy) is 1. The Morgan fingerprint density at radius 2 is 2.07 bits per heavy atom. The van der Waals surface area contributed by atoms with E-state index in [1.165, 1.54) is 50.7 Å². The standard InChI is InChI=1S/C13H24O/c1-3-5-6-7-8-9-13-11-10-12(4-2)14-13/h4,13H,3,5-11H2,1-2H3/b12-4-. The highest BCUT2D eigenvalue weighted by molar-refractivity contribution is 4.96. The van der Waals surface area contributed by atoms with Gasteiger partial charge in [-0.2, -0.15) is 0 Å². The van der Waals surface area contributed by atoms with Crippen LogP contribution < -0.4 is 0 Å². The lowest BCUT2D eigenvalue weighted by Gasteiger charge is -2.09. The zero-order valence-corrected chi connectivity index (χ0v) is 9.72. The Kier molecular flexibility index (Phi) is 5.74. The summed E-state index contributed by atoms with van der Waals surface area (Å²) in [5, 5.41) is 0. The summed E-state index contributed by atoms with van der Waals surface area (Å²) in [4.78, 5) is 0. The highest BCUT2D eigenvalue weighted by Gasteiger charge is 2.18. The minimum atomic E-state index is 0.530. The lowest BCUT2D eigenvalue weighted by molar-refractivity contribution is 0.148. The molecule has 1 atom stereocenters. The Balaban J connectivity index is 1.98. The smallest absolute Gasteiger partial charge is 0.0986 e. The molecule has 1 unspecified atom stereocenters. The lowest BCUT2D eigenvalue weighted by Crippen LogP contribution is -2.03. The van der Waals surface area contributed by atoms with Crippen LogP contribution in [0.1, 0.15) is 65.2 Å². The molecule has 1 rings (SSSR count). The van der Waals surface area contributed by atoms with Crippen LogP contribution in [0.15, 0.2) is 11.8 Å². The Labute approximate surface area is 88.5 Å². The topological polar surface area (TPSA) is 9.23 Å². The van der Waals surface area contributed by atoms with Gasteiger partial charge in [-0.3, -0.25) is 0 Å². The van der Waals surface area contributed by atoms with Gasteiger partial charge in [-0.1, -0.05) is 32.6 Å². The molecule has 0 amide bonds. The van der Waals surface area contributed by atoms with E-state index in [1.54, 1.807) is 0 Å². The van der Waals surface area contributed by atoms with E-state index in [0.29, 0.717) is 6.10 Å². The molecule has 0 aromatic rings. The zero-order valence-electron chi connectivity index (χ0n) is 9.72. The molecule has 0 aromatic heterocycles. The molecule has 14 heavy (non-hydrogen) atoms. The third-order valence-corrected chi connectivity index (χ3v) is 2.98. The summed E-state index contributed by atoms with van der Waals surface area (Å²) in [5.74, 6) is 1.21. The summed E-state index contributed by atoms with van der Waals surface area (Å²) in [5.41, 5.74) is 0. The predicted molar refractivity (Wildman–Crippen MR) is 61.2 cm³/mol. The quantitative estimate of drug-likeness (QED) is 0.571. The number of allylic oxidation sites excluding steroid dienone is 2. The largest absolute Gasteiger partial charge is 0.495 e.